The summed E-state index contributed by atoms with van der Waals surface area (Å²) in [5, 5.41) is 12.5. The molecule has 8 nitrogen and oxygen atoms in total. The number of nitrogens with zero attached hydrogens (tertiary/aromatic N) is 3. The third kappa shape index (κ3) is 4.07. The van der Waals surface area contributed by atoms with E-state index in [4.69, 9.17) is 0 Å². The maximum Gasteiger partial charge on any atom is 0.416 e. The average Bonchev–Trinajstić information content (AvgIpc) is 3.26. The van der Waals surface area contributed by atoms with Gasteiger partial charge in [0.25, 0.3) is 11.2 Å². The van der Waals surface area contributed by atoms with Crippen LogP contribution in [0.2, 0.25) is 0 Å². The number of rotatable bonds is 5. The van der Waals surface area contributed by atoms with Crippen LogP contribution in [0.4, 0.5) is 18.9 Å². The lowest BCUT2D eigenvalue weighted by molar-refractivity contribution is -0.384. The maximum atomic E-state index is 13.2. The molecular weight excluding hydrogens is 463 g/mol. The maximum absolute atomic E-state index is 13.2. The quantitative estimate of drug-likeness (QED) is 0.246. The molecule has 0 spiro atoms. The van der Waals surface area contributed by atoms with Gasteiger partial charge in [0, 0.05) is 17.7 Å². The molecule has 0 bridgehead atoms. The number of hydrogen-bond acceptors (Lipinski definition) is 6. The Labute approximate surface area is 185 Å². The van der Waals surface area contributed by atoms with Crippen LogP contribution in [0.25, 0.3) is 15.9 Å². The van der Waals surface area contributed by atoms with E-state index in [1.807, 2.05) is 0 Å². The summed E-state index contributed by atoms with van der Waals surface area (Å²) in [6, 6.07) is 10.1. The van der Waals surface area contributed by atoms with Crippen molar-refractivity contribution in [3.05, 3.63) is 102 Å². The van der Waals surface area contributed by atoms with Crippen molar-refractivity contribution in [1.29, 1.82) is 0 Å². The zero-order valence-electron chi connectivity index (χ0n) is 16.4. The molecule has 0 fully saturated rings. The molecule has 0 aliphatic carbocycles. The number of Topliss-reactive ketones (excluding diaryl/α,β-unsaturated/α-hetero) is 1. The van der Waals surface area contributed by atoms with Crippen molar-refractivity contribution in [3.63, 3.8) is 0 Å². The lowest BCUT2D eigenvalue weighted by Crippen LogP contribution is -2.39. The summed E-state index contributed by atoms with van der Waals surface area (Å²) in [4.78, 5) is 49.2. The molecule has 0 aliphatic rings. The average molecular weight is 475 g/mol. The normalized spacial score (nSPS) is 11.6. The van der Waals surface area contributed by atoms with Crippen molar-refractivity contribution < 1.29 is 22.9 Å². The number of halogens is 3. The van der Waals surface area contributed by atoms with Crippen LogP contribution in [-0.4, -0.2) is 19.8 Å². The van der Waals surface area contributed by atoms with Crippen LogP contribution in [0.3, 0.4) is 0 Å². The largest absolute Gasteiger partial charge is 0.416 e. The van der Waals surface area contributed by atoms with Crippen molar-refractivity contribution in [2.45, 2.75) is 12.7 Å². The SMILES string of the molecule is O=C(Cn1c(=O)n(-c2cccc(C(F)(F)F)c2)c(=O)c2sccc21)c1cccc([N+](=O)[O-])c1. The van der Waals surface area contributed by atoms with Crippen LogP contribution < -0.4 is 11.2 Å². The number of benzene rings is 2. The molecule has 0 saturated carbocycles. The van der Waals surface area contributed by atoms with Crippen LogP contribution >= 0.6 is 11.3 Å². The first-order chi connectivity index (χ1) is 15.6. The van der Waals surface area contributed by atoms with Gasteiger partial charge in [-0.1, -0.05) is 18.2 Å². The van der Waals surface area contributed by atoms with Gasteiger partial charge < -0.3 is 0 Å². The third-order valence-electron chi connectivity index (χ3n) is 4.87. The monoisotopic (exact) mass is 475 g/mol. The van der Waals surface area contributed by atoms with E-state index in [1.165, 1.54) is 35.7 Å². The van der Waals surface area contributed by atoms with E-state index in [1.54, 1.807) is 0 Å². The standard InChI is InChI=1S/C21H12F3N3O5S/c22-21(23,24)13-4-2-5-14(10-13)26-19(29)18-16(7-8-33-18)25(20(26)30)11-17(28)12-3-1-6-15(9-12)27(31)32/h1-10H,11H2. The third-order valence-corrected chi connectivity index (χ3v) is 5.76. The molecule has 2 aromatic heterocycles. The van der Waals surface area contributed by atoms with E-state index in [0.717, 1.165) is 34.1 Å². The Balaban J connectivity index is 1.88. The molecule has 0 atom stereocenters. The Morgan fingerprint density at radius 2 is 1.79 bits per heavy atom. The molecule has 0 aliphatic heterocycles. The van der Waals surface area contributed by atoms with Crippen molar-refractivity contribution in [1.82, 2.24) is 9.13 Å². The summed E-state index contributed by atoms with van der Waals surface area (Å²) in [6.07, 6.45) is -4.69. The summed E-state index contributed by atoms with van der Waals surface area (Å²) in [5.41, 5.74) is -3.38. The van der Waals surface area contributed by atoms with Crippen molar-refractivity contribution in [3.8, 4) is 5.69 Å². The van der Waals surface area contributed by atoms with Crippen molar-refractivity contribution in [2.75, 3.05) is 0 Å². The summed E-state index contributed by atoms with van der Waals surface area (Å²) in [7, 11) is 0. The Kier molecular flexibility index (Phi) is 5.46. The van der Waals surface area contributed by atoms with E-state index >= 15 is 0 Å². The summed E-state index contributed by atoms with van der Waals surface area (Å²) in [5.74, 6) is -0.650. The van der Waals surface area contributed by atoms with Gasteiger partial charge in [0.1, 0.15) is 4.70 Å². The highest BCUT2D eigenvalue weighted by Crippen LogP contribution is 2.30. The number of non-ortho nitro benzene ring substituents is 1. The lowest BCUT2D eigenvalue weighted by Gasteiger charge is -2.13. The Morgan fingerprint density at radius 1 is 1.06 bits per heavy atom. The molecule has 168 valence electrons. The van der Waals surface area contributed by atoms with Crippen LogP contribution in [0.5, 0.6) is 0 Å². The zero-order chi connectivity index (χ0) is 23.9. The number of thiophene rings is 1. The molecule has 0 unspecified atom stereocenters. The number of nitro benzene ring substituents is 1. The van der Waals surface area contributed by atoms with Gasteiger partial charge in [-0.25, -0.2) is 9.36 Å². The number of carbonyl (C=O) groups is 1. The van der Waals surface area contributed by atoms with E-state index in [9.17, 15) is 37.7 Å². The van der Waals surface area contributed by atoms with Gasteiger partial charge in [0.05, 0.1) is 28.2 Å². The molecule has 0 amide bonds. The number of hydrogen-bond donors (Lipinski definition) is 0. The first-order valence-electron chi connectivity index (χ1n) is 9.26. The fraction of sp³-hybridized carbons (Fsp3) is 0.0952. The fourth-order valence-electron chi connectivity index (χ4n) is 3.32. The molecule has 12 heteroatoms. The minimum atomic E-state index is -4.69. The number of fused-ring (bicyclic) bond motifs is 1. The number of carbonyl (C=O) groups excluding carboxylic acids is 1. The molecule has 2 aromatic carbocycles. The van der Waals surface area contributed by atoms with Gasteiger partial charge >= 0.3 is 11.9 Å². The second-order valence-electron chi connectivity index (χ2n) is 6.92. The van der Waals surface area contributed by atoms with E-state index in [2.05, 4.69) is 0 Å². The molecule has 33 heavy (non-hydrogen) atoms. The first kappa shape index (κ1) is 22.1. The summed E-state index contributed by atoms with van der Waals surface area (Å²) in [6.45, 7) is -0.577. The minimum absolute atomic E-state index is 0.0312. The summed E-state index contributed by atoms with van der Waals surface area (Å²) < 4.78 is 41.1. The van der Waals surface area contributed by atoms with Gasteiger partial charge in [-0.2, -0.15) is 13.2 Å². The van der Waals surface area contributed by atoms with Crippen LogP contribution in [0.15, 0.2) is 69.6 Å². The highest BCUT2D eigenvalue weighted by molar-refractivity contribution is 7.17. The van der Waals surface area contributed by atoms with Gasteiger partial charge in [0.15, 0.2) is 5.78 Å². The Morgan fingerprint density at radius 3 is 2.48 bits per heavy atom. The second kappa shape index (κ2) is 8.13. The number of nitro groups is 1. The van der Waals surface area contributed by atoms with E-state index in [0.29, 0.717) is 10.6 Å². The molecule has 2 heterocycles. The zero-order valence-corrected chi connectivity index (χ0v) is 17.2. The molecular formula is C21H12F3N3O5S. The minimum Gasteiger partial charge on any atom is -0.292 e. The van der Waals surface area contributed by atoms with E-state index < -0.39 is 40.2 Å². The van der Waals surface area contributed by atoms with Crippen LogP contribution in [-0.2, 0) is 12.7 Å². The van der Waals surface area contributed by atoms with Crippen molar-refractivity contribution >= 4 is 33.0 Å². The highest BCUT2D eigenvalue weighted by atomic mass is 32.1. The molecule has 0 N–H and O–H groups in total. The second-order valence-corrected chi connectivity index (χ2v) is 7.84. The van der Waals surface area contributed by atoms with Crippen LogP contribution in [0.1, 0.15) is 15.9 Å². The number of aromatic nitrogens is 2. The Hall–Kier alpha value is -4.06. The number of ketones is 1. The molecule has 0 radical (unpaired) electrons. The smallest absolute Gasteiger partial charge is 0.292 e. The van der Waals surface area contributed by atoms with Gasteiger partial charge in [0.2, 0.25) is 0 Å². The predicted molar refractivity (Wildman–Crippen MR) is 114 cm³/mol. The highest BCUT2D eigenvalue weighted by Gasteiger charge is 2.31. The topological polar surface area (TPSA) is 104 Å². The Bertz CT molecular complexity index is 1530. The van der Waals surface area contributed by atoms with Crippen LogP contribution in [0, 0.1) is 10.1 Å². The fourth-order valence-corrected chi connectivity index (χ4v) is 4.14. The predicted octanol–water partition coefficient (Wildman–Crippen LogP) is 4.02. The first-order valence-corrected chi connectivity index (χ1v) is 10.1. The van der Waals surface area contributed by atoms with Gasteiger partial charge in [-0.15, -0.1) is 11.3 Å². The van der Waals surface area contributed by atoms with Gasteiger partial charge in [-0.3, -0.25) is 24.3 Å². The van der Waals surface area contributed by atoms with Crippen molar-refractivity contribution in [2.24, 2.45) is 0 Å². The van der Waals surface area contributed by atoms with Gasteiger partial charge in [-0.05, 0) is 29.6 Å². The molecule has 0 saturated heterocycles. The van der Waals surface area contributed by atoms with E-state index in [-0.39, 0.29) is 27.2 Å². The lowest BCUT2D eigenvalue weighted by atomic mass is 10.1. The summed E-state index contributed by atoms with van der Waals surface area (Å²) >= 11 is 0.969. The molecule has 4 aromatic rings. The molecule has 4 rings (SSSR count). The number of alkyl halides is 3.